The SMILES string of the molecule is Cc1cc(NC(=O)C(O)c2ccccc2)ccc1C(N)=O. The zero-order valence-corrected chi connectivity index (χ0v) is 11.5. The maximum Gasteiger partial charge on any atom is 0.257 e. The largest absolute Gasteiger partial charge is 0.378 e. The number of nitrogens with two attached hydrogens (primary N) is 1. The molecule has 21 heavy (non-hydrogen) atoms. The first-order valence-electron chi connectivity index (χ1n) is 6.43. The number of hydrogen-bond acceptors (Lipinski definition) is 3. The minimum atomic E-state index is -1.25. The molecule has 5 nitrogen and oxygen atoms in total. The van der Waals surface area contributed by atoms with Crippen LogP contribution in [-0.4, -0.2) is 16.9 Å². The molecule has 0 saturated heterocycles. The molecule has 4 N–H and O–H groups in total. The van der Waals surface area contributed by atoms with Crippen LogP contribution in [-0.2, 0) is 4.79 Å². The number of hydrogen-bond donors (Lipinski definition) is 3. The van der Waals surface area contributed by atoms with E-state index in [-0.39, 0.29) is 0 Å². The van der Waals surface area contributed by atoms with E-state index in [9.17, 15) is 14.7 Å². The quantitative estimate of drug-likeness (QED) is 0.798. The minimum Gasteiger partial charge on any atom is -0.378 e. The van der Waals surface area contributed by atoms with Crippen LogP contribution in [0.4, 0.5) is 5.69 Å². The molecule has 1 atom stereocenters. The van der Waals surface area contributed by atoms with Gasteiger partial charge in [-0.25, -0.2) is 0 Å². The van der Waals surface area contributed by atoms with Crippen molar-refractivity contribution in [1.29, 1.82) is 0 Å². The predicted molar refractivity (Wildman–Crippen MR) is 79.7 cm³/mol. The molecule has 0 aromatic heterocycles. The molecule has 108 valence electrons. The van der Waals surface area contributed by atoms with E-state index in [1.807, 2.05) is 0 Å². The standard InChI is InChI=1S/C16H16N2O3/c1-10-9-12(7-8-13(10)15(17)20)18-16(21)14(19)11-5-3-2-4-6-11/h2-9,14,19H,1H3,(H2,17,20)(H,18,21). The summed E-state index contributed by atoms with van der Waals surface area (Å²) >= 11 is 0. The van der Waals surface area contributed by atoms with E-state index in [1.165, 1.54) is 0 Å². The summed E-state index contributed by atoms with van der Waals surface area (Å²) in [6.45, 7) is 1.73. The molecular weight excluding hydrogens is 268 g/mol. The fourth-order valence-electron chi connectivity index (χ4n) is 2.02. The van der Waals surface area contributed by atoms with Crippen molar-refractivity contribution in [1.82, 2.24) is 0 Å². The van der Waals surface area contributed by atoms with Crippen molar-refractivity contribution in [3.05, 3.63) is 65.2 Å². The Kier molecular flexibility index (Phi) is 4.35. The second-order valence-corrected chi connectivity index (χ2v) is 4.70. The molecule has 2 aromatic carbocycles. The van der Waals surface area contributed by atoms with Crippen molar-refractivity contribution < 1.29 is 14.7 Å². The van der Waals surface area contributed by atoms with Crippen LogP contribution in [0.15, 0.2) is 48.5 Å². The summed E-state index contributed by atoms with van der Waals surface area (Å²) in [6, 6.07) is 13.4. The summed E-state index contributed by atoms with van der Waals surface area (Å²) in [6.07, 6.45) is -1.25. The van der Waals surface area contributed by atoms with Crippen LogP contribution in [0.5, 0.6) is 0 Å². The Balaban J connectivity index is 2.13. The molecule has 2 aromatic rings. The van der Waals surface area contributed by atoms with Crippen molar-refractivity contribution in [2.24, 2.45) is 5.73 Å². The number of primary amides is 1. The lowest BCUT2D eigenvalue weighted by molar-refractivity contribution is -0.124. The Bertz CT molecular complexity index is 668. The second-order valence-electron chi connectivity index (χ2n) is 4.70. The molecule has 0 saturated carbocycles. The van der Waals surface area contributed by atoms with Crippen molar-refractivity contribution in [3.8, 4) is 0 Å². The lowest BCUT2D eigenvalue weighted by Crippen LogP contribution is -2.21. The van der Waals surface area contributed by atoms with Crippen LogP contribution in [0.1, 0.15) is 27.6 Å². The number of carbonyl (C=O) groups is 2. The molecule has 0 fully saturated rings. The van der Waals surface area contributed by atoms with Crippen LogP contribution < -0.4 is 11.1 Å². The van der Waals surface area contributed by atoms with Gasteiger partial charge in [-0.2, -0.15) is 0 Å². The molecule has 0 radical (unpaired) electrons. The van der Waals surface area contributed by atoms with Gasteiger partial charge in [0.2, 0.25) is 5.91 Å². The van der Waals surface area contributed by atoms with Gasteiger partial charge < -0.3 is 16.2 Å². The van der Waals surface area contributed by atoms with Gasteiger partial charge in [-0.1, -0.05) is 30.3 Å². The Morgan fingerprint density at radius 3 is 2.38 bits per heavy atom. The monoisotopic (exact) mass is 284 g/mol. The number of anilines is 1. The number of benzene rings is 2. The third kappa shape index (κ3) is 3.46. The highest BCUT2D eigenvalue weighted by molar-refractivity contribution is 5.97. The molecule has 5 heteroatoms. The molecule has 0 aliphatic rings. The van der Waals surface area contributed by atoms with E-state index in [0.717, 1.165) is 0 Å². The summed E-state index contributed by atoms with van der Waals surface area (Å²) in [5, 5.41) is 12.6. The topological polar surface area (TPSA) is 92.4 Å². The second kappa shape index (κ2) is 6.19. The Hall–Kier alpha value is -2.66. The van der Waals surface area contributed by atoms with Crippen LogP contribution in [0, 0.1) is 6.92 Å². The number of aryl methyl sites for hydroxylation is 1. The van der Waals surface area contributed by atoms with Crippen LogP contribution in [0.2, 0.25) is 0 Å². The van der Waals surface area contributed by atoms with Gasteiger partial charge in [0, 0.05) is 11.3 Å². The van der Waals surface area contributed by atoms with Crippen LogP contribution in [0.25, 0.3) is 0 Å². The van der Waals surface area contributed by atoms with E-state index in [1.54, 1.807) is 55.5 Å². The normalized spacial score (nSPS) is 11.7. The molecule has 1 unspecified atom stereocenters. The van der Waals surface area contributed by atoms with Crippen LogP contribution >= 0.6 is 0 Å². The van der Waals surface area contributed by atoms with E-state index >= 15 is 0 Å². The summed E-state index contributed by atoms with van der Waals surface area (Å²) in [7, 11) is 0. The third-order valence-corrected chi connectivity index (χ3v) is 3.12. The number of nitrogens with one attached hydrogen (secondary N) is 1. The first kappa shape index (κ1) is 14.7. The van der Waals surface area contributed by atoms with Crippen molar-refractivity contribution >= 4 is 17.5 Å². The zero-order chi connectivity index (χ0) is 15.4. The first-order valence-corrected chi connectivity index (χ1v) is 6.43. The average molecular weight is 284 g/mol. The van der Waals surface area contributed by atoms with E-state index < -0.39 is 17.9 Å². The van der Waals surface area contributed by atoms with Crippen molar-refractivity contribution in [2.75, 3.05) is 5.32 Å². The highest BCUT2D eigenvalue weighted by Gasteiger charge is 2.17. The average Bonchev–Trinajstić information content (AvgIpc) is 2.47. The number of rotatable bonds is 4. The third-order valence-electron chi connectivity index (χ3n) is 3.12. The van der Waals surface area contributed by atoms with Crippen LogP contribution in [0.3, 0.4) is 0 Å². The van der Waals surface area contributed by atoms with Gasteiger partial charge in [0.25, 0.3) is 5.91 Å². The summed E-state index contributed by atoms with van der Waals surface area (Å²) in [5.74, 6) is -1.05. The van der Waals surface area contributed by atoms with Gasteiger partial charge in [0.15, 0.2) is 6.10 Å². The van der Waals surface area contributed by atoms with E-state index in [0.29, 0.717) is 22.4 Å². The molecule has 0 heterocycles. The molecule has 0 aliphatic carbocycles. The molecule has 0 aliphatic heterocycles. The molecule has 0 spiro atoms. The molecule has 2 amide bonds. The van der Waals surface area contributed by atoms with E-state index in [4.69, 9.17) is 5.73 Å². The van der Waals surface area contributed by atoms with E-state index in [2.05, 4.69) is 5.32 Å². The maximum atomic E-state index is 12.0. The number of aliphatic hydroxyl groups excluding tert-OH is 1. The summed E-state index contributed by atoms with van der Waals surface area (Å²) < 4.78 is 0. The Labute approximate surface area is 122 Å². The lowest BCUT2D eigenvalue weighted by Gasteiger charge is -2.12. The maximum absolute atomic E-state index is 12.0. The highest BCUT2D eigenvalue weighted by atomic mass is 16.3. The Morgan fingerprint density at radius 1 is 1.14 bits per heavy atom. The van der Waals surface area contributed by atoms with Crippen molar-refractivity contribution in [3.63, 3.8) is 0 Å². The number of carbonyl (C=O) groups excluding carboxylic acids is 2. The van der Waals surface area contributed by atoms with Gasteiger partial charge in [-0.15, -0.1) is 0 Å². The number of amides is 2. The van der Waals surface area contributed by atoms with Gasteiger partial charge in [0.05, 0.1) is 0 Å². The van der Waals surface area contributed by atoms with Gasteiger partial charge in [0.1, 0.15) is 0 Å². The zero-order valence-electron chi connectivity index (χ0n) is 11.5. The van der Waals surface area contributed by atoms with Gasteiger partial charge in [-0.05, 0) is 36.2 Å². The molecule has 0 bridgehead atoms. The van der Waals surface area contributed by atoms with Gasteiger partial charge >= 0.3 is 0 Å². The fraction of sp³-hybridized carbons (Fsp3) is 0.125. The summed E-state index contributed by atoms with van der Waals surface area (Å²) in [4.78, 5) is 23.1. The molecular formula is C16H16N2O3. The lowest BCUT2D eigenvalue weighted by atomic mass is 10.1. The first-order chi connectivity index (χ1) is 9.99. The van der Waals surface area contributed by atoms with Crippen molar-refractivity contribution in [2.45, 2.75) is 13.0 Å². The highest BCUT2D eigenvalue weighted by Crippen LogP contribution is 2.18. The number of aliphatic hydroxyl groups is 1. The molecule has 2 rings (SSSR count). The minimum absolute atomic E-state index is 0.400. The smallest absolute Gasteiger partial charge is 0.257 e. The fourth-order valence-corrected chi connectivity index (χ4v) is 2.02. The van der Waals surface area contributed by atoms with Gasteiger partial charge in [-0.3, -0.25) is 9.59 Å². The summed E-state index contributed by atoms with van der Waals surface area (Å²) in [5.41, 5.74) is 7.30. The predicted octanol–water partition coefficient (Wildman–Crippen LogP) is 1.77. The Morgan fingerprint density at radius 2 is 1.81 bits per heavy atom.